The van der Waals surface area contributed by atoms with E-state index < -0.39 is 0 Å². The Hall–Kier alpha value is -4.35. The molecule has 0 saturated heterocycles. The predicted octanol–water partition coefficient (Wildman–Crippen LogP) is 5.14. The van der Waals surface area contributed by atoms with Crippen LogP contribution in [0, 0.1) is 11.3 Å². The minimum Gasteiger partial charge on any atom is -0.493 e. The third kappa shape index (κ3) is 5.65. The van der Waals surface area contributed by atoms with E-state index in [9.17, 15) is 0 Å². The van der Waals surface area contributed by atoms with Crippen molar-refractivity contribution in [1.29, 1.82) is 5.26 Å². The van der Waals surface area contributed by atoms with Gasteiger partial charge in [-0.1, -0.05) is 42.5 Å². The maximum Gasteiger partial charge on any atom is 0.206 e. The van der Waals surface area contributed by atoms with Gasteiger partial charge in [0.2, 0.25) is 10.6 Å². The van der Waals surface area contributed by atoms with Crippen molar-refractivity contribution in [3.8, 4) is 34.6 Å². The molecule has 1 heterocycles. The molecule has 0 unspecified atom stereocenters. The van der Waals surface area contributed by atoms with Gasteiger partial charge in [0.1, 0.15) is 0 Å². The van der Waals surface area contributed by atoms with Gasteiger partial charge in [0.15, 0.2) is 11.5 Å². The van der Waals surface area contributed by atoms with Crippen LogP contribution in [0.3, 0.4) is 0 Å². The van der Waals surface area contributed by atoms with E-state index in [-0.39, 0.29) is 0 Å². The number of aromatic nitrogens is 1. The number of ether oxygens (including phenoxy) is 3. The van der Waals surface area contributed by atoms with Crippen molar-refractivity contribution in [2.75, 3.05) is 27.9 Å². The molecular formula is C28H26N4O3S. The van der Waals surface area contributed by atoms with E-state index in [1.807, 2.05) is 52.5 Å². The standard InChI is InChI=1S/C28H26N4O3S/c1-33-25-15-23(16-26(34-2)27(25)35-3)24-19-36-28(30-14-13-20-7-5-4-6-8-20)32(24)31-18-22-11-9-21(17-29)10-12-22/h4-12,15-16,18-19H,13-14H2,1-3H3. The summed E-state index contributed by atoms with van der Waals surface area (Å²) >= 11 is 1.51. The number of nitrogens with zero attached hydrogens (tertiary/aromatic N) is 4. The SMILES string of the molecule is COc1cc(-c2csc(=NCCc3ccccc3)n2N=Cc2ccc(C#N)cc2)cc(OC)c1OC. The third-order valence-electron chi connectivity index (χ3n) is 5.50. The van der Waals surface area contributed by atoms with Crippen LogP contribution < -0.4 is 19.0 Å². The normalized spacial score (nSPS) is 11.4. The number of hydrogen-bond donors (Lipinski definition) is 0. The molecule has 0 bridgehead atoms. The quantitative estimate of drug-likeness (QED) is 0.299. The van der Waals surface area contributed by atoms with Crippen molar-refractivity contribution in [2.24, 2.45) is 10.1 Å². The van der Waals surface area contributed by atoms with Crippen LogP contribution in [0.15, 0.2) is 82.2 Å². The lowest BCUT2D eigenvalue weighted by Crippen LogP contribution is -2.13. The molecule has 0 aliphatic heterocycles. The fraction of sp³-hybridized carbons (Fsp3) is 0.179. The van der Waals surface area contributed by atoms with Crippen LogP contribution in [0.1, 0.15) is 16.7 Å². The predicted molar refractivity (Wildman–Crippen MR) is 142 cm³/mol. The highest BCUT2D eigenvalue weighted by Gasteiger charge is 2.17. The largest absolute Gasteiger partial charge is 0.493 e. The van der Waals surface area contributed by atoms with Crippen LogP contribution in [0.25, 0.3) is 11.3 Å². The second-order valence-electron chi connectivity index (χ2n) is 7.73. The van der Waals surface area contributed by atoms with Crippen molar-refractivity contribution < 1.29 is 14.2 Å². The summed E-state index contributed by atoms with van der Waals surface area (Å²) < 4.78 is 18.4. The van der Waals surface area contributed by atoms with Crippen LogP contribution in [-0.2, 0) is 6.42 Å². The second-order valence-corrected chi connectivity index (χ2v) is 8.56. The minimum absolute atomic E-state index is 0.527. The van der Waals surface area contributed by atoms with Gasteiger partial charge in [-0.2, -0.15) is 10.4 Å². The molecule has 4 rings (SSSR count). The number of hydrogen-bond acceptors (Lipinski definition) is 7. The number of methoxy groups -OCH3 is 3. The Morgan fingerprint density at radius 3 is 2.25 bits per heavy atom. The molecule has 8 heteroatoms. The lowest BCUT2D eigenvalue weighted by Gasteiger charge is -2.14. The van der Waals surface area contributed by atoms with Gasteiger partial charge in [-0.15, -0.1) is 11.3 Å². The summed E-state index contributed by atoms with van der Waals surface area (Å²) in [5.74, 6) is 1.64. The average molecular weight is 499 g/mol. The van der Waals surface area contributed by atoms with Gasteiger partial charge in [0.05, 0.1) is 44.9 Å². The Labute approximate surface area is 214 Å². The van der Waals surface area contributed by atoms with Gasteiger partial charge in [-0.25, -0.2) is 4.68 Å². The van der Waals surface area contributed by atoms with Gasteiger partial charge in [-0.05, 0) is 41.8 Å². The maximum absolute atomic E-state index is 9.07. The molecule has 0 saturated carbocycles. The summed E-state index contributed by atoms with van der Waals surface area (Å²) in [6.45, 7) is 0.631. The summed E-state index contributed by atoms with van der Waals surface area (Å²) in [4.78, 5) is 5.61. The van der Waals surface area contributed by atoms with Crippen LogP contribution in [0.5, 0.6) is 17.2 Å². The molecule has 3 aromatic carbocycles. The number of thiazole rings is 1. The van der Waals surface area contributed by atoms with Crippen molar-refractivity contribution in [3.63, 3.8) is 0 Å². The molecule has 36 heavy (non-hydrogen) atoms. The summed E-state index contributed by atoms with van der Waals surface area (Å²) in [6, 6.07) is 23.5. The van der Waals surface area contributed by atoms with Gasteiger partial charge >= 0.3 is 0 Å². The smallest absolute Gasteiger partial charge is 0.206 e. The van der Waals surface area contributed by atoms with Crippen molar-refractivity contribution in [2.45, 2.75) is 6.42 Å². The molecule has 0 aliphatic carbocycles. The van der Waals surface area contributed by atoms with Gasteiger partial charge in [0, 0.05) is 17.5 Å². The van der Waals surface area contributed by atoms with E-state index in [4.69, 9.17) is 29.6 Å². The van der Waals surface area contributed by atoms with Crippen molar-refractivity contribution >= 4 is 17.6 Å². The maximum atomic E-state index is 9.07. The number of benzene rings is 3. The number of rotatable bonds is 9. The lowest BCUT2D eigenvalue weighted by molar-refractivity contribution is 0.324. The minimum atomic E-state index is 0.527. The van der Waals surface area contributed by atoms with Crippen molar-refractivity contribution in [1.82, 2.24) is 4.68 Å². The van der Waals surface area contributed by atoms with E-state index in [2.05, 4.69) is 18.2 Å². The van der Waals surface area contributed by atoms with Crippen LogP contribution in [-0.4, -0.2) is 38.8 Å². The van der Waals surface area contributed by atoms with E-state index in [0.29, 0.717) is 29.4 Å². The molecule has 0 N–H and O–H groups in total. The molecular weight excluding hydrogens is 472 g/mol. The van der Waals surface area contributed by atoms with Crippen LogP contribution in [0.2, 0.25) is 0 Å². The fourth-order valence-corrected chi connectivity index (χ4v) is 4.50. The Morgan fingerprint density at radius 1 is 0.944 bits per heavy atom. The lowest BCUT2D eigenvalue weighted by atomic mass is 10.1. The summed E-state index contributed by atoms with van der Waals surface area (Å²) in [5, 5.41) is 15.8. The zero-order chi connectivity index (χ0) is 25.3. The fourth-order valence-electron chi connectivity index (χ4n) is 3.64. The van der Waals surface area contributed by atoms with E-state index in [1.165, 1.54) is 16.9 Å². The molecule has 7 nitrogen and oxygen atoms in total. The Morgan fingerprint density at radius 2 is 1.64 bits per heavy atom. The zero-order valence-corrected chi connectivity index (χ0v) is 21.2. The van der Waals surface area contributed by atoms with Crippen LogP contribution in [0.4, 0.5) is 0 Å². The first-order valence-corrected chi connectivity index (χ1v) is 12.1. The molecule has 4 aromatic rings. The monoisotopic (exact) mass is 498 g/mol. The molecule has 182 valence electrons. The highest BCUT2D eigenvalue weighted by atomic mass is 32.1. The highest BCUT2D eigenvalue weighted by molar-refractivity contribution is 7.07. The first-order chi connectivity index (χ1) is 17.7. The molecule has 0 radical (unpaired) electrons. The molecule has 0 atom stereocenters. The summed E-state index contributed by atoms with van der Waals surface area (Å²) in [7, 11) is 4.77. The van der Waals surface area contributed by atoms with Gasteiger partial charge in [-0.3, -0.25) is 4.99 Å². The first kappa shape index (κ1) is 24.8. The Balaban J connectivity index is 1.76. The van der Waals surface area contributed by atoms with E-state index in [1.54, 1.807) is 39.7 Å². The molecule has 0 amide bonds. The van der Waals surface area contributed by atoms with E-state index in [0.717, 1.165) is 28.0 Å². The van der Waals surface area contributed by atoms with Gasteiger partial charge < -0.3 is 14.2 Å². The van der Waals surface area contributed by atoms with Crippen molar-refractivity contribution in [3.05, 3.63) is 93.6 Å². The second kappa shape index (κ2) is 11.9. The highest BCUT2D eigenvalue weighted by Crippen LogP contribution is 2.41. The zero-order valence-electron chi connectivity index (χ0n) is 20.3. The average Bonchev–Trinajstić information content (AvgIpc) is 3.34. The molecule has 1 aromatic heterocycles. The first-order valence-electron chi connectivity index (χ1n) is 11.3. The third-order valence-corrected chi connectivity index (χ3v) is 6.35. The van der Waals surface area contributed by atoms with Gasteiger partial charge in [0.25, 0.3) is 0 Å². The molecule has 0 spiro atoms. The summed E-state index contributed by atoms with van der Waals surface area (Å²) in [5.41, 5.74) is 4.39. The van der Waals surface area contributed by atoms with E-state index >= 15 is 0 Å². The van der Waals surface area contributed by atoms with Crippen LogP contribution >= 0.6 is 11.3 Å². The molecule has 0 fully saturated rings. The Bertz CT molecular complexity index is 1420. The Kier molecular flexibility index (Phi) is 8.16. The number of nitriles is 1. The topological polar surface area (TPSA) is 81.1 Å². The molecule has 0 aliphatic rings. The summed E-state index contributed by atoms with van der Waals surface area (Å²) in [6.07, 6.45) is 2.59.